The zero-order chi connectivity index (χ0) is 20.4. The number of hydrogen-bond donors (Lipinski definition) is 1. The second kappa shape index (κ2) is 7.98. The van der Waals surface area contributed by atoms with E-state index in [0.717, 1.165) is 33.3 Å². The van der Waals surface area contributed by atoms with Gasteiger partial charge in [0.25, 0.3) is 5.91 Å². The average Bonchev–Trinajstić information content (AvgIpc) is 3.24. The molecule has 0 aliphatic carbocycles. The number of aromatic nitrogens is 1. The second-order valence-corrected chi connectivity index (χ2v) is 7.96. The summed E-state index contributed by atoms with van der Waals surface area (Å²) in [6.07, 6.45) is 4.35. The van der Waals surface area contributed by atoms with Gasteiger partial charge in [-0.15, -0.1) is 0 Å². The van der Waals surface area contributed by atoms with Crippen LogP contribution in [0, 0.1) is 25.2 Å². The molecule has 1 amide bonds. The van der Waals surface area contributed by atoms with Gasteiger partial charge in [-0.2, -0.15) is 5.26 Å². The van der Waals surface area contributed by atoms with Gasteiger partial charge in [0.15, 0.2) is 5.17 Å². The van der Waals surface area contributed by atoms with E-state index in [2.05, 4.69) is 20.9 Å². The predicted molar refractivity (Wildman–Crippen MR) is 119 cm³/mol. The van der Waals surface area contributed by atoms with E-state index in [9.17, 15) is 4.79 Å². The zero-order valence-electron chi connectivity index (χ0n) is 16.3. The SMILES string of the molecule is Cc1cccc(C)c1N=C1NC(=O)/C(=C\c2cn(CCC#N)c3ccccc23)S1. The number of para-hydroxylation sites is 2. The van der Waals surface area contributed by atoms with Crippen molar-refractivity contribution in [3.63, 3.8) is 0 Å². The molecule has 0 saturated carbocycles. The van der Waals surface area contributed by atoms with Gasteiger partial charge in [0.2, 0.25) is 0 Å². The fraction of sp³-hybridized carbons (Fsp3) is 0.174. The molecule has 0 atom stereocenters. The predicted octanol–water partition coefficient (Wildman–Crippen LogP) is 5.06. The molecular weight excluding hydrogens is 380 g/mol. The van der Waals surface area contributed by atoms with E-state index in [1.54, 1.807) is 0 Å². The third-order valence-electron chi connectivity index (χ3n) is 4.87. The topological polar surface area (TPSA) is 70.2 Å². The van der Waals surface area contributed by atoms with Crippen molar-refractivity contribution in [1.82, 2.24) is 9.88 Å². The molecule has 1 aliphatic heterocycles. The standard InChI is InChI=1S/C23H20N4OS/c1-15-7-5-8-16(2)21(15)25-23-26-22(28)20(29-23)13-17-14-27(12-6-11-24)19-10-4-3-9-18(17)19/h3-5,7-10,13-14H,6,12H2,1-2H3,(H,25,26,28)/b20-13+. The maximum Gasteiger partial charge on any atom is 0.264 e. The largest absolute Gasteiger partial charge is 0.346 e. The molecule has 0 unspecified atom stereocenters. The van der Waals surface area contributed by atoms with Gasteiger partial charge in [0.05, 0.1) is 23.1 Å². The summed E-state index contributed by atoms with van der Waals surface area (Å²) in [7, 11) is 0. The number of rotatable bonds is 4. The molecule has 0 spiro atoms. The number of thioether (sulfide) groups is 1. The summed E-state index contributed by atoms with van der Waals surface area (Å²) in [6, 6.07) is 16.2. The summed E-state index contributed by atoms with van der Waals surface area (Å²) in [6.45, 7) is 4.65. The Balaban J connectivity index is 1.68. The number of carbonyl (C=O) groups is 1. The van der Waals surface area contributed by atoms with Crippen molar-refractivity contribution < 1.29 is 4.79 Å². The molecule has 144 valence electrons. The summed E-state index contributed by atoms with van der Waals surface area (Å²) >= 11 is 1.35. The lowest BCUT2D eigenvalue weighted by atomic mass is 10.1. The van der Waals surface area contributed by atoms with Crippen LogP contribution in [-0.2, 0) is 11.3 Å². The van der Waals surface area contributed by atoms with Gasteiger partial charge in [-0.05, 0) is 48.9 Å². The number of hydrogen-bond acceptors (Lipinski definition) is 4. The van der Waals surface area contributed by atoms with Crippen LogP contribution in [0.3, 0.4) is 0 Å². The van der Waals surface area contributed by atoms with E-state index in [-0.39, 0.29) is 5.91 Å². The lowest BCUT2D eigenvalue weighted by molar-refractivity contribution is -0.115. The lowest BCUT2D eigenvalue weighted by Crippen LogP contribution is -2.19. The summed E-state index contributed by atoms with van der Waals surface area (Å²) in [4.78, 5) is 17.8. The molecule has 0 radical (unpaired) electrons. The van der Waals surface area contributed by atoms with Crippen LogP contribution in [0.4, 0.5) is 5.69 Å². The van der Waals surface area contributed by atoms with Crippen molar-refractivity contribution in [3.8, 4) is 6.07 Å². The molecule has 1 fully saturated rings. The number of amides is 1. The first-order chi connectivity index (χ1) is 14.1. The minimum Gasteiger partial charge on any atom is -0.346 e. The van der Waals surface area contributed by atoms with Crippen LogP contribution in [0.2, 0.25) is 0 Å². The fourth-order valence-electron chi connectivity index (χ4n) is 3.45. The maximum absolute atomic E-state index is 12.5. The van der Waals surface area contributed by atoms with Crippen LogP contribution < -0.4 is 5.32 Å². The molecule has 1 aliphatic rings. The Labute approximate surface area is 173 Å². The summed E-state index contributed by atoms with van der Waals surface area (Å²) in [5.41, 5.74) is 5.06. The third-order valence-corrected chi connectivity index (χ3v) is 5.78. The van der Waals surface area contributed by atoms with Crippen molar-refractivity contribution in [2.45, 2.75) is 26.8 Å². The fourth-order valence-corrected chi connectivity index (χ4v) is 4.27. The summed E-state index contributed by atoms with van der Waals surface area (Å²) < 4.78 is 2.06. The summed E-state index contributed by atoms with van der Waals surface area (Å²) in [5.74, 6) is -0.145. The van der Waals surface area contributed by atoms with Gasteiger partial charge in [-0.25, -0.2) is 4.99 Å². The molecule has 6 heteroatoms. The molecular formula is C23H20N4OS. The number of nitrogens with one attached hydrogen (secondary N) is 1. The molecule has 1 aromatic heterocycles. The highest BCUT2D eigenvalue weighted by Gasteiger charge is 2.24. The molecule has 1 N–H and O–H groups in total. The quantitative estimate of drug-likeness (QED) is 0.622. The number of amidine groups is 1. The highest BCUT2D eigenvalue weighted by molar-refractivity contribution is 8.18. The smallest absolute Gasteiger partial charge is 0.264 e. The van der Waals surface area contributed by atoms with Gasteiger partial charge < -0.3 is 9.88 Å². The lowest BCUT2D eigenvalue weighted by Gasteiger charge is -2.04. The van der Waals surface area contributed by atoms with E-state index in [0.29, 0.717) is 23.0 Å². The van der Waals surface area contributed by atoms with Crippen LogP contribution in [0.5, 0.6) is 0 Å². The van der Waals surface area contributed by atoms with Gasteiger partial charge in [0.1, 0.15) is 0 Å². The van der Waals surface area contributed by atoms with Crippen molar-refractivity contribution in [3.05, 3.63) is 70.3 Å². The monoisotopic (exact) mass is 400 g/mol. The first-order valence-corrected chi connectivity index (χ1v) is 10.2. The van der Waals surface area contributed by atoms with Gasteiger partial charge >= 0.3 is 0 Å². The van der Waals surface area contributed by atoms with E-state index < -0.39 is 0 Å². The number of aryl methyl sites for hydroxylation is 3. The Morgan fingerprint density at radius 3 is 2.69 bits per heavy atom. The Bertz CT molecular complexity index is 1190. The van der Waals surface area contributed by atoms with Gasteiger partial charge in [0, 0.05) is 29.2 Å². The highest BCUT2D eigenvalue weighted by Crippen LogP contribution is 2.32. The van der Waals surface area contributed by atoms with Crippen molar-refractivity contribution >= 4 is 45.5 Å². The van der Waals surface area contributed by atoms with E-state index in [4.69, 9.17) is 5.26 Å². The molecule has 4 rings (SSSR count). The van der Waals surface area contributed by atoms with E-state index >= 15 is 0 Å². The zero-order valence-corrected chi connectivity index (χ0v) is 17.1. The van der Waals surface area contributed by atoms with Gasteiger partial charge in [-0.3, -0.25) is 4.79 Å². The third kappa shape index (κ3) is 3.82. The molecule has 2 aromatic carbocycles. The molecule has 3 aromatic rings. The maximum atomic E-state index is 12.5. The Morgan fingerprint density at radius 2 is 1.93 bits per heavy atom. The van der Waals surface area contributed by atoms with Crippen molar-refractivity contribution in [2.24, 2.45) is 4.99 Å². The number of nitriles is 1. The van der Waals surface area contributed by atoms with Gasteiger partial charge in [-0.1, -0.05) is 36.4 Å². The molecule has 29 heavy (non-hydrogen) atoms. The number of aliphatic imine (C=N–C) groups is 1. The normalized spacial score (nSPS) is 16.5. The van der Waals surface area contributed by atoms with E-state index in [1.807, 2.05) is 68.6 Å². The average molecular weight is 401 g/mol. The van der Waals surface area contributed by atoms with Crippen molar-refractivity contribution in [2.75, 3.05) is 0 Å². The molecule has 1 saturated heterocycles. The Kier molecular flexibility index (Phi) is 5.24. The van der Waals surface area contributed by atoms with Crippen LogP contribution in [0.25, 0.3) is 17.0 Å². The number of nitrogens with zero attached hydrogens (tertiary/aromatic N) is 3. The number of fused-ring (bicyclic) bond motifs is 1. The summed E-state index contributed by atoms with van der Waals surface area (Å²) in [5, 5.41) is 13.4. The highest BCUT2D eigenvalue weighted by atomic mass is 32.2. The molecule has 5 nitrogen and oxygen atoms in total. The number of benzene rings is 2. The van der Waals surface area contributed by atoms with Crippen LogP contribution >= 0.6 is 11.8 Å². The van der Waals surface area contributed by atoms with Crippen LogP contribution in [0.1, 0.15) is 23.1 Å². The van der Waals surface area contributed by atoms with Crippen molar-refractivity contribution in [1.29, 1.82) is 5.26 Å². The van der Waals surface area contributed by atoms with Crippen LogP contribution in [0.15, 0.2) is 58.6 Å². The first-order valence-electron chi connectivity index (χ1n) is 9.37. The Morgan fingerprint density at radius 1 is 1.17 bits per heavy atom. The minimum absolute atomic E-state index is 0.145. The van der Waals surface area contributed by atoms with E-state index in [1.165, 1.54) is 11.8 Å². The molecule has 2 heterocycles. The second-order valence-electron chi connectivity index (χ2n) is 6.93. The Hall–Kier alpha value is -3.30. The first kappa shape index (κ1) is 19.0. The van der Waals surface area contributed by atoms with Crippen LogP contribution in [-0.4, -0.2) is 15.6 Å². The number of carbonyl (C=O) groups excluding carboxylic acids is 1. The molecule has 0 bridgehead atoms. The minimum atomic E-state index is -0.145.